The first kappa shape index (κ1) is 20.5. The average molecular weight is 384 g/mol. The van der Waals surface area contributed by atoms with Gasteiger partial charge in [0.25, 0.3) is 0 Å². The van der Waals surface area contributed by atoms with Gasteiger partial charge in [-0.15, -0.1) is 0 Å². The van der Waals surface area contributed by atoms with E-state index in [1.54, 1.807) is 11.0 Å². The molecule has 2 rings (SSSR count). The van der Waals surface area contributed by atoms with E-state index >= 15 is 0 Å². The van der Waals surface area contributed by atoms with Crippen LogP contribution in [0.25, 0.3) is 0 Å². The van der Waals surface area contributed by atoms with Crippen LogP contribution in [-0.4, -0.2) is 63.9 Å². The molecule has 0 bridgehead atoms. The summed E-state index contributed by atoms with van der Waals surface area (Å²) in [4.78, 5) is 14.5. The molecule has 26 heavy (non-hydrogen) atoms. The minimum atomic E-state index is -3.70. The second kappa shape index (κ2) is 8.73. The molecule has 0 radical (unpaired) electrons. The van der Waals surface area contributed by atoms with E-state index in [4.69, 9.17) is 9.47 Å². The number of amides is 1. The van der Waals surface area contributed by atoms with Gasteiger partial charge in [0.2, 0.25) is 15.9 Å². The van der Waals surface area contributed by atoms with Crippen molar-refractivity contribution in [3.8, 4) is 11.5 Å². The predicted octanol–water partition coefficient (Wildman–Crippen LogP) is 1.97. The SMILES string of the molecule is CCN(CC)C(=O)[C@@H]1CCCN(S(=O)(=O)c2ccc(OC)c(OC)c2)C1. The highest BCUT2D eigenvalue weighted by Gasteiger charge is 2.34. The van der Waals surface area contributed by atoms with Crippen molar-refractivity contribution >= 4 is 15.9 Å². The molecule has 7 nitrogen and oxygen atoms in total. The molecular weight excluding hydrogens is 356 g/mol. The minimum absolute atomic E-state index is 0.0298. The molecule has 1 aromatic carbocycles. The van der Waals surface area contributed by atoms with Crippen LogP contribution < -0.4 is 9.47 Å². The number of benzene rings is 1. The number of piperidine rings is 1. The van der Waals surface area contributed by atoms with Crippen LogP contribution in [0.4, 0.5) is 0 Å². The predicted molar refractivity (Wildman–Crippen MR) is 99.0 cm³/mol. The molecule has 0 aromatic heterocycles. The van der Waals surface area contributed by atoms with Gasteiger partial charge in [0, 0.05) is 32.2 Å². The van der Waals surface area contributed by atoms with Gasteiger partial charge in [-0.3, -0.25) is 4.79 Å². The molecule has 0 saturated carbocycles. The summed E-state index contributed by atoms with van der Waals surface area (Å²) in [6.45, 7) is 5.76. The van der Waals surface area contributed by atoms with Crippen molar-refractivity contribution in [1.29, 1.82) is 0 Å². The van der Waals surface area contributed by atoms with Crippen molar-refractivity contribution in [3.05, 3.63) is 18.2 Å². The first-order valence-corrected chi connectivity index (χ1v) is 10.3. The van der Waals surface area contributed by atoms with Gasteiger partial charge in [-0.1, -0.05) is 0 Å². The normalized spacial score (nSPS) is 18.4. The standard InChI is InChI=1S/C18H28N2O5S/c1-5-19(6-2)18(21)14-8-7-11-20(13-14)26(22,23)15-9-10-16(24-3)17(12-15)25-4/h9-10,12,14H,5-8,11,13H2,1-4H3/t14-/m1/s1. The topological polar surface area (TPSA) is 76.2 Å². The van der Waals surface area contributed by atoms with Gasteiger partial charge in [0.1, 0.15) is 0 Å². The largest absolute Gasteiger partial charge is 0.493 e. The Hall–Kier alpha value is -1.80. The number of hydrogen-bond acceptors (Lipinski definition) is 5. The lowest BCUT2D eigenvalue weighted by molar-refractivity contribution is -0.136. The van der Waals surface area contributed by atoms with Gasteiger partial charge < -0.3 is 14.4 Å². The molecule has 1 aromatic rings. The van der Waals surface area contributed by atoms with Crippen LogP contribution in [0.15, 0.2) is 23.1 Å². The number of sulfonamides is 1. The number of nitrogens with zero attached hydrogens (tertiary/aromatic N) is 2. The first-order valence-electron chi connectivity index (χ1n) is 8.89. The number of ether oxygens (including phenoxy) is 2. The molecule has 1 aliphatic heterocycles. The van der Waals surface area contributed by atoms with Gasteiger partial charge in [0.15, 0.2) is 11.5 Å². The van der Waals surface area contributed by atoms with Crippen LogP contribution >= 0.6 is 0 Å². The number of hydrogen-bond donors (Lipinski definition) is 0. The molecular formula is C18H28N2O5S. The average Bonchev–Trinajstić information content (AvgIpc) is 2.68. The second-order valence-corrected chi connectivity index (χ2v) is 8.17. The van der Waals surface area contributed by atoms with E-state index in [2.05, 4.69) is 0 Å². The monoisotopic (exact) mass is 384 g/mol. The van der Waals surface area contributed by atoms with Crippen molar-refractivity contribution in [1.82, 2.24) is 9.21 Å². The van der Waals surface area contributed by atoms with E-state index in [0.717, 1.165) is 0 Å². The van der Waals surface area contributed by atoms with Crippen molar-refractivity contribution in [3.63, 3.8) is 0 Å². The van der Waals surface area contributed by atoms with Crippen molar-refractivity contribution < 1.29 is 22.7 Å². The van der Waals surface area contributed by atoms with Gasteiger partial charge >= 0.3 is 0 Å². The Kier molecular flexibility index (Phi) is 6.88. The van der Waals surface area contributed by atoms with Gasteiger partial charge in [-0.2, -0.15) is 4.31 Å². The Bertz CT molecular complexity index is 731. The van der Waals surface area contributed by atoms with Crippen molar-refractivity contribution in [2.24, 2.45) is 5.92 Å². The number of rotatable bonds is 7. The van der Waals surface area contributed by atoms with Crippen molar-refractivity contribution in [2.75, 3.05) is 40.4 Å². The van der Waals surface area contributed by atoms with Crippen molar-refractivity contribution in [2.45, 2.75) is 31.6 Å². The maximum absolute atomic E-state index is 13.0. The Morgan fingerprint density at radius 2 is 1.85 bits per heavy atom. The first-order chi connectivity index (χ1) is 12.4. The smallest absolute Gasteiger partial charge is 0.243 e. The number of carbonyl (C=O) groups excluding carboxylic acids is 1. The third kappa shape index (κ3) is 4.12. The lowest BCUT2D eigenvalue weighted by Crippen LogP contribution is -2.46. The third-order valence-electron chi connectivity index (χ3n) is 4.80. The molecule has 0 N–H and O–H groups in total. The summed E-state index contributed by atoms with van der Waals surface area (Å²) in [6, 6.07) is 4.55. The summed E-state index contributed by atoms with van der Waals surface area (Å²) in [6.07, 6.45) is 1.39. The molecule has 146 valence electrons. The Labute approximate surface area is 155 Å². The van der Waals surface area contributed by atoms with Gasteiger partial charge in [0.05, 0.1) is 25.0 Å². The van der Waals surface area contributed by atoms with Crippen LogP contribution in [0.3, 0.4) is 0 Å². The molecule has 1 heterocycles. The third-order valence-corrected chi connectivity index (χ3v) is 6.66. The lowest BCUT2D eigenvalue weighted by Gasteiger charge is -2.33. The molecule has 0 aliphatic carbocycles. The van der Waals surface area contributed by atoms with E-state index < -0.39 is 10.0 Å². The van der Waals surface area contributed by atoms with Crippen LogP contribution in [0.5, 0.6) is 11.5 Å². The summed E-state index contributed by atoms with van der Waals surface area (Å²) < 4.78 is 37.9. The maximum Gasteiger partial charge on any atom is 0.243 e. The quantitative estimate of drug-likeness (QED) is 0.718. The minimum Gasteiger partial charge on any atom is -0.493 e. The van der Waals surface area contributed by atoms with Crippen LogP contribution in [-0.2, 0) is 14.8 Å². The fourth-order valence-electron chi connectivity index (χ4n) is 3.28. The zero-order valence-electron chi connectivity index (χ0n) is 15.9. The molecule has 1 saturated heterocycles. The molecule has 8 heteroatoms. The van der Waals surface area contributed by atoms with E-state index in [0.29, 0.717) is 44.0 Å². The van der Waals surface area contributed by atoms with Crippen LogP contribution in [0.1, 0.15) is 26.7 Å². The molecule has 1 atom stereocenters. The number of methoxy groups -OCH3 is 2. The Balaban J connectivity index is 2.24. The molecule has 0 spiro atoms. The van der Waals surface area contributed by atoms with Gasteiger partial charge in [-0.05, 0) is 38.8 Å². The molecule has 1 aliphatic rings. The van der Waals surface area contributed by atoms with E-state index in [1.165, 1.54) is 30.7 Å². The highest BCUT2D eigenvalue weighted by molar-refractivity contribution is 7.89. The highest BCUT2D eigenvalue weighted by Crippen LogP contribution is 2.32. The fraction of sp³-hybridized carbons (Fsp3) is 0.611. The molecule has 1 amide bonds. The highest BCUT2D eigenvalue weighted by atomic mass is 32.2. The second-order valence-electron chi connectivity index (χ2n) is 6.23. The summed E-state index contributed by atoms with van der Waals surface area (Å²) in [7, 11) is -0.732. The van der Waals surface area contributed by atoms with E-state index in [-0.39, 0.29) is 23.3 Å². The number of carbonyl (C=O) groups is 1. The van der Waals surface area contributed by atoms with E-state index in [9.17, 15) is 13.2 Å². The Morgan fingerprint density at radius 1 is 1.19 bits per heavy atom. The summed E-state index contributed by atoms with van der Waals surface area (Å²) >= 11 is 0. The fourth-order valence-corrected chi connectivity index (χ4v) is 4.82. The zero-order valence-corrected chi connectivity index (χ0v) is 16.7. The molecule has 0 unspecified atom stereocenters. The summed E-state index contributed by atoms with van der Waals surface area (Å²) in [5, 5.41) is 0. The van der Waals surface area contributed by atoms with Crippen LogP contribution in [0.2, 0.25) is 0 Å². The van der Waals surface area contributed by atoms with Gasteiger partial charge in [-0.25, -0.2) is 8.42 Å². The van der Waals surface area contributed by atoms with Crippen LogP contribution in [0, 0.1) is 5.92 Å². The zero-order chi connectivity index (χ0) is 19.3. The Morgan fingerprint density at radius 3 is 2.42 bits per heavy atom. The summed E-state index contributed by atoms with van der Waals surface area (Å²) in [5.41, 5.74) is 0. The maximum atomic E-state index is 13.0. The molecule has 1 fully saturated rings. The lowest BCUT2D eigenvalue weighted by atomic mass is 9.98. The van der Waals surface area contributed by atoms with E-state index in [1.807, 2.05) is 13.8 Å². The summed E-state index contributed by atoms with van der Waals surface area (Å²) in [5.74, 6) is 0.571.